The van der Waals surface area contributed by atoms with Gasteiger partial charge in [-0.25, -0.2) is 0 Å². The highest BCUT2D eigenvalue weighted by atomic mass is 32.1. The summed E-state index contributed by atoms with van der Waals surface area (Å²) in [5.41, 5.74) is 0. The molecule has 20 heavy (non-hydrogen) atoms. The van der Waals surface area contributed by atoms with E-state index in [-0.39, 0.29) is 0 Å². The third kappa shape index (κ3) is 8.16. The monoisotopic (exact) mass is 293 g/mol. The molecular weight excluding hydrogens is 266 g/mol. The Morgan fingerprint density at radius 1 is 1.10 bits per heavy atom. The smallest absolute Gasteiger partial charge is 0.262 e. The number of unbranched alkanes of at least 4 members (excludes halogenated alkanes) is 5. The second kappa shape index (κ2) is 10.7. The molecule has 1 aromatic carbocycles. The lowest BCUT2D eigenvalue weighted by atomic mass is 10.1. The molecule has 0 spiro atoms. The van der Waals surface area contributed by atoms with Gasteiger partial charge in [-0.05, 0) is 37.7 Å². The number of ether oxygens (including phenoxy) is 1. The van der Waals surface area contributed by atoms with E-state index in [1.54, 1.807) is 0 Å². The molecule has 0 saturated carbocycles. The molecule has 1 rings (SSSR count). The van der Waals surface area contributed by atoms with E-state index in [9.17, 15) is 0 Å². The maximum atomic E-state index is 5.56. The fourth-order valence-corrected chi connectivity index (χ4v) is 2.43. The van der Waals surface area contributed by atoms with Crippen molar-refractivity contribution in [3.8, 4) is 5.75 Å². The Hall–Kier alpha value is -1.09. The summed E-state index contributed by atoms with van der Waals surface area (Å²) in [7, 11) is 0. The molecule has 1 aromatic rings. The summed E-state index contributed by atoms with van der Waals surface area (Å²) in [6.45, 7) is 4.41. The molecule has 1 atom stereocenters. The Labute approximate surface area is 128 Å². The predicted molar refractivity (Wildman–Crippen MR) is 90.3 cm³/mol. The van der Waals surface area contributed by atoms with Crippen LogP contribution in [0.5, 0.6) is 5.75 Å². The normalized spacial score (nSPS) is 11.9. The van der Waals surface area contributed by atoms with Crippen LogP contribution in [0.15, 0.2) is 30.3 Å². The lowest BCUT2D eigenvalue weighted by molar-refractivity contribution is 0.479. The first-order valence-corrected chi connectivity index (χ1v) is 8.16. The van der Waals surface area contributed by atoms with Crippen molar-refractivity contribution >= 4 is 17.4 Å². The van der Waals surface area contributed by atoms with Crippen LogP contribution in [0.25, 0.3) is 0 Å². The lowest BCUT2D eigenvalue weighted by Gasteiger charge is -2.16. The minimum atomic E-state index is 0.373. The first-order valence-electron chi connectivity index (χ1n) is 7.75. The molecule has 0 aliphatic carbocycles. The number of thiocarbonyl (C=S) groups is 1. The van der Waals surface area contributed by atoms with Crippen LogP contribution in [0, 0.1) is 0 Å². The molecule has 1 N–H and O–H groups in total. The van der Waals surface area contributed by atoms with Crippen molar-refractivity contribution in [1.29, 1.82) is 0 Å². The van der Waals surface area contributed by atoms with Crippen molar-refractivity contribution in [2.45, 2.75) is 64.8 Å². The second-order valence-corrected chi connectivity index (χ2v) is 5.68. The average Bonchev–Trinajstić information content (AvgIpc) is 2.43. The van der Waals surface area contributed by atoms with Crippen LogP contribution in [0.4, 0.5) is 0 Å². The predicted octanol–water partition coefficient (Wildman–Crippen LogP) is 5.08. The van der Waals surface area contributed by atoms with Crippen molar-refractivity contribution in [3.63, 3.8) is 0 Å². The van der Waals surface area contributed by atoms with Crippen molar-refractivity contribution in [1.82, 2.24) is 5.32 Å². The summed E-state index contributed by atoms with van der Waals surface area (Å²) >= 11 is 5.22. The van der Waals surface area contributed by atoms with Crippen LogP contribution in [-0.4, -0.2) is 11.2 Å². The van der Waals surface area contributed by atoms with Crippen molar-refractivity contribution < 1.29 is 4.74 Å². The largest absolute Gasteiger partial charge is 0.432 e. The SMILES string of the molecule is CCCCCCCCC(C)NC(=S)Oc1ccccc1. The van der Waals surface area contributed by atoms with Gasteiger partial charge in [0.05, 0.1) is 0 Å². The van der Waals surface area contributed by atoms with Crippen LogP contribution >= 0.6 is 12.2 Å². The highest BCUT2D eigenvalue weighted by Gasteiger charge is 2.05. The number of para-hydroxylation sites is 1. The maximum absolute atomic E-state index is 5.56. The number of rotatable bonds is 9. The van der Waals surface area contributed by atoms with Gasteiger partial charge >= 0.3 is 0 Å². The first kappa shape index (κ1) is 17.0. The van der Waals surface area contributed by atoms with Gasteiger partial charge in [-0.2, -0.15) is 0 Å². The molecule has 2 nitrogen and oxygen atoms in total. The molecule has 0 heterocycles. The fourth-order valence-electron chi connectivity index (χ4n) is 2.13. The molecule has 0 aliphatic heterocycles. The Morgan fingerprint density at radius 2 is 1.75 bits per heavy atom. The quantitative estimate of drug-likeness (QED) is 0.507. The summed E-state index contributed by atoms with van der Waals surface area (Å²) in [5, 5.41) is 3.71. The molecule has 0 aliphatic rings. The van der Waals surface area contributed by atoms with Crippen LogP contribution < -0.4 is 10.1 Å². The summed E-state index contributed by atoms with van der Waals surface area (Å²) in [5.74, 6) is 0.789. The Balaban J connectivity index is 2.09. The maximum Gasteiger partial charge on any atom is 0.262 e. The highest BCUT2D eigenvalue weighted by Crippen LogP contribution is 2.10. The molecular formula is C17H27NOS. The number of hydrogen-bond acceptors (Lipinski definition) is 2. The van der Waals surface area contributed by atoms with Gasteiger partial charge in [-0.3, -0.25) is 0 Å². The minimum absolute atomic E-state index is 0.373. The average molecular weight is 293 g/mol. The van der Waals surface area contributed by atoms with Gasteiger partial charge < -0.3 is 10.1 Å². The van der Waals surface area contributed by atoms with Crippen LogP contribution in [0.1, 0.15) is 58.8 Å². The lowest BCUT2D eigenvalue weighted by Crippen LogP contribution is -2.34. The van der Waals surface area contributed by atoms with E-state index in [1.165, 1.54) is 38.5 Å². The zero-order chi connectivity index (χ0) is 14.6. The van der Waals surface area contributed by atoms with Crippen molar-refractivity contribution in [3.05, 3.63) is 30.3 Å². The molecule has 0 radical (unpaired) electrons. The molecule has 3 heteroatoms. The highest BCUT2D eigenvalue weighted by molar-refractivity contribution is 7.80. The summed E-state index contributed by atoms with van der Waals surface area (Å²) < 4.78 is 5.56. The topological polar surface area (TPSA) is 21.3 Å². The van der Waals surface area contributed by atoms with E-state index in [0.29, 0.717) is 11.2 Å². The Morgan fingerprint density at radius 3 is 2.45 bits per heavy atom. The van der Waals surface area contributed by atoms with E-state index >= 15 is 0 Å². The van der Waals surface area contributed by atoms with Gasteiger partial charge in [-0.1, -0.05) is 63.6 Å². The van der Waals surface area contributed by atoms with Crippen LogP contribution in [-0.2, 0) is 0 Å². The number of benzene rings is 1. The van der Waals surface area contributed by atoms with Gasteiger partial charge in [0.25, 0.3) is 5.17 Å². The third-order valence-electron chi connectivity index (χ3n) is 3.31. The zero-order valence-corrected chi connectivity index (χ0v) is 13.5. The molecule has 0 aromatic heterocycles. The van der Waals surface area contributed by atoms with Crippen molar-refractivity contribution in [2.75, 3.05) is 0 Å². The van der Waals surface area contributed by atoms with E-state index in [1.807, 2.05) is 30.3 Å². The van der Waals surface area contributed by atoms with E-state index < -0.39 is 0 Å². The second-order valence-electron chi connectivity index (χ2n) is 5.30. The van der Waals surface area contributed by atoms with Crippen LogP contribution in [0.3, 0.4) is 0 Å². The van der Waals surface area contributed by atoms with Gasteiger partial charge in [0.2, 0.25) is 0 Å². The van der Waals surface area contributed by atoms with E-state index in [2.05, 4.69) is 19.2 Å². The molecule has 1 unspecified atom stereocenters. The van der Waals surface area contributed by atoms with Crippen LogP contribution in [0.2, 0.25) is 0 Å². The van der Waals surface area contributed by atoms with E-state index in [0.717, 1.165) is 12.2 Å². The van der Waals surface area contributed by atoms with E-state index in [4.69, 9.17) is 17.0 Å². The summed E-state index contributed by atoms with van der Waals surface area (Å²) in [6.07, 6.45) is 9.11. The van der Waals surface area contributed by atoms with Gasteiger partial charge in [0.1, 0.15) is 5.75 Å². The van der Waals surface area contributed by atoms with Gasteiger partial charge in [0.15, 0.2) is 0 Å². The molecule has 112 valence electrons. The number of nitrogens with one attached hydrogen (secondary N) is 1. The first-order chi connectivity index (χ1) is 9.72. The number of hydrogen-bond donors (Lipinski definition) is 1. The minimum Gasteiger partial charge on any atom is -0.432 e. The molecule has 0 bridgehead atoms. The van der Waals surface area contributed by atoms with Crippen molar-refractivity contribution in [2.24, 2.45) is 0 Å². The summed E-state index contributed by atoms with van der Waals surface area (Å²) in [4.78, 5) is 0. The van der Waals surface area contributed by atoms with Gasteiger partial charge in [-0.15, -0.1) is 0 Å². The molecule has 0 fully saturated rings. The Kier molecular flexibility index (Phi) is 9.05. The molecule has 0 saturated heterocycles. The summed E-state index contributed by atoms with van der Waals surface area (Å²) in [6, 6.07) is 10.0. The standard InChI is InChI=1S/C17H27NOS/c1-3-4-5-6-7-9-12-15(2)18-17(20)19-16-13-10-8-11-14-16/h8,10-11,13-15H,3-7,9,12H2,1-2H3,(H,18,20). The zero-order valence-electron chi connectivity index (χ0n) is 12.7. The molecule has 0 amide bonds. The van der Waals surface area contributed by atoms with Gasteiger partial charge in [0, 0.05) is 6.04 Å². The Bertz CT molecular complexity index is 367. The third-order valence-corrected chi connectivity index (χ3v) is 3.51. The fraction of sp³-hybridized carbons (Fsp3) is 0.588.